The van der Waals surface area contributed by atoms with Gasteiger partial charge in [-0.05, 0) is 30.5 Å². The fourth-order valence-electron chi connectivity index (χ4n) is 3.99. The third-order valence-corrected chi connectivity index (χ3v) is 5.49. The monoisotopic (exact) mass is 363 g/mol. The maximum Gasteiger partial charge on any atom is 0.318 e. The highest BCUT2D eigenvalue weighted by atomic mass is 16.5. The fraction of sp³-hybridized carbons (Fsp3) is 0.318. The number of nitrogens with zero attached hydrogens (tertiary/aromatic N) is 1. The first kappa shape index (κ1) is 17.6. The fourth-order valence-corrected chi connectivity index (χ4v) is 3.99. The van der Waals surface area contributed by atoms with Crippen LogP contribution in [0.4, 0.5) is 4.79 Å². The van der Waals surface area contributed by atoms with Gasteiger partial charge >= 0.3 is 6.03 Å². The Bertz CT molecular complexity index is 935. The van der Waals surface area contributed by atoms with Crippen molar-refractivity contribution in [3.8, 4) is 0 Å². The lowest BCUT2D eigenvalue weighted by molar-refractivity contribution is 0.0996. The summed E-state index contributed by atoms with van der Waals surface area (Å²) >= 11 is 0. The van der Waals surface area contributed by atoms with Gasteiger partial charge in [-0.15, -0.1) is 0 Å². The molecule has 0 bridgehead atoms. The highest BCUT2D eigenvalue weighted by Crippen LogP contribution is 2.34. The van der Waals surface area contributed by atoms with Crippen molar-refractivity contribution in [2.45, 2.75) is 25.5 Å². The van der Waals surface area contributed by atoms with Gasteiger partial charge in [0, 0.05) is 36.8 Å². The molecule has 1 aliphatic rings. The number of methoxy groups -OCH3 is 1. The average Bonchev–Trinajstić information content (AvgIpc) is 3.09. The average molecular weight is 363 g/mol. The third-order valence-electron chi connectivity index (χ3n) is 5.49. The maximum atomic E-state index is 12.8. The molecule has 140 valence electrons. The molecule has 2 aromatic carbocycles. The van der Waals surface area contributed by atoms with E-state index in [4.69, 9.17) is 4.74 Å². The van der Waals surface area contributed by atoms with Crippen molar-refractivity contribution in [1.82, 2.24) is 15.2 Å². The van der Waals surface area contributed by atoms with E-state index in [1.807, 2.05) is 41.3 Å². The zero-order valence-corrected chi connectivity index (χ0v) is 15.7. The number of aromatic amines is 1. The summed E-state index contributed by atoms with van der Waals surface area (Å²) in [5.41, 5.74) is 4.68. The van der Waals surface area contributed by atoms with Gasteiger partial charge in [-0.1, -0.05) is 48.5 Å². The summed E-state index contributed by atoms with van der Waals surface area (Å²) in [6, 6.07) is 18.3. The number of rotatable bonds is 4. The molecular formula is C22H25N3O2. The number of carbonyl (C=O) groups is 1. The first-order valence-electron chi connectivity index (χ1n) is 9.40. The van der Waals surface area contributed by atoms with Gasteiger partial charge in [-0.3, -0.25) is 0 Å². The second-order valence-electron chi connectivity index (χ2n) is 7.00. The predicted molar refractivity (Wildman–Crippen MR) is 107 cm³/mol. The van der Waals surface area contributed by atoms with Crippen LogP contribution in [0, 0.1) is 0 Å². The Hall–Kier alpha value is -2.79. The quantitative estimate of drug-likeness (QED) is 0.730. The molecule has 5 heteroatoms. The summed E-state index contributed by atoms with van der Waals surface area (Å²) in [7, 11) is 1.67. The van der Waals surface area contributed by atoms with Gasteiger partial charge in [0.05, 0.1) is 12.1 Å². The Labute approximate surface area is 159 Å². The van der Waals surface area contributed by atoms with Gasteiger partial charge in [0.25, 0.3) is 0 Å². The van der Waals surface area contributed by atoms with E-state index in [1.165, 1.54) is 10.9 Å². The number of para-hydroxylation sites is 1. The van der Waals surface area contributed by atoms with Crippen molar-refractivity contribution in [3.05, 3.63) is 71.4 Å². The molecule has 0 aliphatic carbocycles. The van der Waals surface area contributed by atoms with E-state index < -0.39 is 0 Å². The van der Waals surface area contributed by atoms with E-state index in [-0.39, 0.29) is 18.2 Å². The van der Waals surface area contributed by atoms with Crippen LogP contribution in [0.25, 0.3) is 10.9 Å². The van der Waals surface area contributed by atoms with E-state index in [2.05, 4.69) is 35.4 Å². The van der Waals surface area contributed by atoms with Gasteiger partial charge in [0.1, 0.15) is 0 Å². The Morgan fingerprint density at radius 2 is 1.96 bits per heavy atom. The van der Waals surface area contributed by atoms with Crippen molar-refractivity contribution < 1.29 is 9.53 Å². The molecule has 4 rings (SSSR count). The molecule has 1 aliphatic heterocycles. The van der Waals surface area contributed by atoms with E-state index >= 15 is 0 Å². The lowest BCUT2D eigenvalue weighted by Crippen LogP contribution is -2.45. The number of carbonyl (C=O) groups excluding carboxylic acids is 1. The Morgan fingerprint density at radius 3 is 2.74 bits per heavy atom. The van der Waals surface area contributed by atoms with E-state index in [0.29, 0.717) is 13.1 Å². The minimum atomic E-state index is -0.154. The second-order valence-corrected chi connectivity index (χ2v) is 7.00. The molecule has 2 atom stereocenters. The van der Waals surface area contributed by atoms with E-state index in [0.717, 1.165) is 23.2 Å². The largest absolute Gasteiger partial charge is 0.375 e. The summed E-state index contributed by atoms with van der Waals surface area (Å²) in [4.78, 5) is 18.2. The summed E-state index contributed by atoms with van der Waals surface area (Å²) in [6.45, 7) is 3.24. The van der Waals surface area contributed by atoms with Crippen LogP contribution in [0.3, 0.4) is 0 Å². The Morgan fingerprint density at radius 1 is 1.22 bits per heavy atom. The number of benzene rings is 2. The molecule has 0 saturated heterocycles. The normalized spacial score (nSPS) is 17.6. The molecule has 3 aromatic rings. The number of ether oxygens (including phenoxy) is 1. The maximum absolute atomic E-state index is 12.8. The van der Waals surface area contributed by atoms with E-state index in [1.54, 1.807) is 7.11 Å². The van der Waals surface area contributed by atoms with Crippen LogP contribution in [0.2, 0.25) is 0 Å². The topological polar surface area (TPSA) is 57.4 Å². The smallest absolute Gasteiger partial charge is 0.318 e. The van der Waals surface area contributed by atoms with Crippen molar-refractivity contribution >= 4 is 16.9 Å². The van der Waals surface area contributed by atoms with Crippen LogP contribution in [-0.4, -0.2) is 36.1 Å². The van der Waals surface area contributed by atoms with Crippen LogP contribution in [0.5, 0.6) is 0 Å². The van der Waals surface area contributed by atoms with Gasteiger partial charge < -0.3 is 19.9 Å². The molecule has 0 saturated carbocycles. The predicted octanol–water partition coefficient (Wildman–Crippen LogP) is 4.18. The molecule has 2 N–H and O–H groups in total. The number of H-pyrrole nitrogens is 1. The van der Waals surface area contributed by atoms with Crippen molar-refractivity contribution in [1.29, 1.82) is 0 Å². The summed E-state index contributed by atoms with van der Waals surface area (Å²) < 4.78 is 5.56. The number of aromatic nitrogens is 1. The summed E-state index contributed by atoms with van der Waals surface area (Å²) in [5, 5.41) is 4.31. The van der Waals surface area contributed by atoms with Crippen LogP contribution < -0.4 is 5.32 Å². The minimum Gasteiger partial charge on any atom is -0.375 e. The zero-order chi connectivity index (χ0) is 18.8. The second kappa shape index (κ2) is 7.45. The Balaban J connectivity index is 1.46. The van der Waals surface area contributed by atoms with Crippen molar-refractivity contribution in [2.75, 3.05) is 20.2 Å². The zero-order valence-electron chi connectivity index (χ0n) is 15.7. The van der Waals surface area contributed by atoms with Crippen LogP contribution >= 0.6 is 0 Å². The number of amides is 2. The van der Waals surface area contributed by atoms with Crippen LogP contribution in [0.15, 0.2) is 54.6 Å². The SMILES string of the molecule is CO[C@H](CNC(=O)N1CCc2c([nH]c3ccccc23)[C@@H]1C)c1ccccc1. The molecule has 5 nitrogen and oxygen atoms in total. The van der Waals surface area contributed by atoms with Crippen LogP contribution in [0.1, 0.15) is 35.9 Å². The minimum absolute atomic E-state index is 0.0128. The first-order chi connectivity index (χ1) is 13.2. The first-order valence-corrected chi connectivity index (χ1v) is 9.40. The molecule has 0 radical (unpaired) electrons. The molecular weight excluding hydrogens is 338 g/mol. The lowest BCUT2D eigenvalue weighted by atomic mass is 9.98. The number of nitrogens with one attached hydrogen (secondary N) is 2. The molecule has 2 heterocycles. The van der Waals surface area contributed by atoms with Crippen LogP contribution in [-0.2, 0) is 11.2 Å². The molecule has 0 unspecified atom stereocenters. The number of urea groups is 1. The number of fused-ring (bicyclic) bond motifs is 3. The van der Waals surface area contributed by atoms with Gasteiger partial charge in [-0.25, -0.2) is 4.79 Å². The van der Waals surface area contributed by atoms with Gasteiger partial charge in [-0.2, -0.15) is 0 Å². The van der Waals surface area contributed by atoms with Gasteiger partial charge in [0.15, 0.2) is 0 Å². The summed E-state index contributed by atoms with van der Waals surface area (Å²) in [5.74, 6) is 0. The lowest BCUT2D eigenvalue weighted by Gasteiger charge is -2.34. The van der Waals surface area contributed by atoms with Gasteiger partial charge in [0.2, 0.25) is 0 Å². The molecule has 0 spiro atoms. The molecule has 0 fully saturated rings. The molecule has 27 heavy (non-hydrogen) atoms. The third kappa shape index (κ3) is 3.30. The van der Waals surface area contributed by atoms with Crippen molar-refractivity contribution in [2.24, 2.45) is 0 Å². The number of hydrogen-bond donors (Lipinski definition) is 2. The number of hydrogen-bond acceptors (Lipinski definition) is 2. The highest BCUT2D eigenvalue weighted by Gasteiger charge is 2.30. The van der Waals surface area contributed by atoms with Crippen molar-refractivity contribution in [3.63, 3.8) is 0 Å². The summed E-state index contributed by atoms with van der Waals surface area (Å²) in [6.07, 6.45) is 0.711. The van der Waals surface area contributed by atoms with E-state index in [9.17, 15) is 4.79 Å². The standard InChI is InChI=1S/C22H25N3O2/c1-15-21-18(17-10-6-7-11-19(17)24-21)12-13-25(15)22(26)23-14-20(27-2)16-8-4-3-5-9-16/h3-11,15,20,24H,12-14H2,1-2H3,(H,23,26)/t15-,20+/m0/s1. The highest BCUT2D eigenvalue weighted by molar-refractivity contribution is 5.86. The molecule has 2 amide bonds. The molecule has 1 aromatic heterocycles. The Kier molecular flexibility index (Phi) is 4.86.